The normalized spacial score (nSPS) is 31.2. The number of thiophene rings is 1. The predicted molar refractivity (Wildman–Crippen MR) is 82.2 cm³/mol. The lowest BCUT2D eigenvalue weighted by Crippen LogP contribution is -2.56. The van der Waals surface area contributed by atoms with E-state index in [1.807, 2.05) is 18.4 Å². The molecule has 0 spiro atoms. The molecule has 3 nitrogen and oxygen atoms in total. The Balaban J connectivity index is 1.69. The summed E-state index contributed by atoms with van der Waals surface area (Å²) in [6.45, 7) is 7.28. The van der Waals surface area contributed by atoms with Gasteiger partial charge in [-0.15, -0.1) is 11.3 Å². The maximum Gasteiger partial charge on any atom is 0.0677 e. The van der Waals surface area contributed by atoms with Crippen LogP contribution in [0.2, 0.25) is 0 Å². The van der Waals surface area contributed by atoms with E-state index in [0.717, 1.165) is 39.3 Å². The van der Waals surface area contributed by atoms with Gasteiger partial charge in [0, 0.05) is 48.5 Å². The van der Waals surface area contributed by atoms with Gasteiger partial charge in [0.1, 0.15) is 0 Å². The molecule has 3 rings (SSSR count). The number of piperidine rings is 1. The molecule has 0 unspecified atom stereocenters. The standard InChI is InChI=1S/C16H25NO2S/c1-13-4-5-14(20-13)10-17-8-6-15-16(11-17,12-18-2)7-3-9-19-15/h4-5,15H,3,6-12H2,1-2H3/t15-,16+/m0/s1. The molecule has 0 saturated carbocycles. The first-order valence-electron chi connectivity index (χ1n) is 7.60. The fraction of sp³-hybridized carbons (Fsp3) is 0.750. The second-order valence-electron chi connectivity index (χ2n) is 6.27. The molecule has 0 amide bonds. The Bertz CT molecular complexity index is 443. The molecule has 0 radical (unpaired) electrons. The van der Waals surface area contributed by atoms with Crippen molar-refractivity contribution in [2.75, 3.05) is 33.4 Å². The van der Waals surface area contributed by atoms with Crippen molar-refractivity contribution in [2.45, 2.75) is 38.8 Å². The number of likely N-dealkylation sites (tertiary alicyclic amines) is 1. The summed E-state index contributed by atoms with van der Waals surface area (Å²) in [7, 11) is 1.82. The Morgan fingerprint density at radius 1 is 1.50 bits per heavy atom. The van der Waals surface area contributed by atoms with E-state index < -0.39 is 0 Å². The lowest BCUT2D eigenvalue weighted by molar-refractivity contribution is -0.149. The van der Waals surface area contributed by atoms with Crippen LogP contribution in [0.4, 0.5) is 0 Å². The number of aryl methyl sites for hydroxylation is 1. The van der Waals surface area contributed by atoms with Crippen molar-refractivity contribution in [1.82, 2.24) is 4.90 Å². The molecular weight excluding hydrogens is 270 g/mol. The largest absolute Gasteiger partial charge is 0.384 e. The van der Waals surface area contributed by atoms with Crippen LogP contribution in [0.1, 0.15) is 29.0 Å². The Morgan fingerprint density at radius 3 is 3.15 bits per heavy atom. The third-order valence-electron chi connectivity index (χ3n) is 4.67. The molecule has 0 N–H and O–H groups in total. The molecule has 2 atom stereocenters. The van der Waals surface area contributed by atoms with E-state index in [-0.39, 0.29) is 5.41 Å². The molecule has 4 heteroatoms. The van der Waals surface area contributed by atoms with Crippen LogP contribution in [-0.4, -0.2) is 44.4 Å². The number of methoxy groups -OCH3 is 1. The van der Waals surface area contributed by atoms with Gasteiger partial charge in [-0.3, -0.25) is 4.90 Å². The van der Waals surface area contributed by atoms with Crippen LogP contribution < -0.4 is 0 Å². The summed E-state index contributed by atoms with van der Waals surface area (Å²) in [6.07, 6.45) is 3.96. The van der Waals surface area contributed by atoms with Crippen molar-refractivity contribution < 1.29 is 9.47 Å². The first-order valence-corrected chi connectivity index (χ1v) is 8.42. The number of hydrogen-bond donors (Lipinski definition) is 0. The number of ether oxygens (including phenoxy) is 2. The minimum absolute atomic E-state index is 0.220. The van der Waals surface area contributed by atoms with Gasteiger partial charge in [-0.25, -0.2) is 0 Å². The predicted octanol–water partition coefficient (Wildman–Crippen LogP) is 3.07. The fourth-order valence-electron chi connectivity index (χ4n) is 3.81. The average molecular weight is 295 g/mol. The van der Waals surface area contributed by atoms with Crippen molar-refractivity contribution in [1.29, 1.82) is 0 Å². The summed E-state index contributed by atoms with van der Waals surface area (Å²) >= 11 is 1.92. The minimum atomic E-state index is 0.220. The maximum absolute atomic E-state index is 6.04. The highest BCUT2D eigenvalue weighted by molar-refractivity contribution is 7.11. The van der Waals surface area contributed by atoms with Crippen molar-refractivity contribution >= 4 is 11.3 Å². The Labute approximate surface area is 125 Å². The molecule has 1 aromatic rings. The van der Waals surface area contributed by atoms with Gasteiger partial charge in [-0.1, -0.05) is 0 Å². The van der Waals surface area contributed by atoms with Gasteiger partial charge in [-0.2, -0.15) is 0 Å². The summed E-state index contributed by atoms with van der Waals surface area (Å²) in [6, 6.07) is 4.49. The molecule has 2 fully saturated rings. The number of hydrogen-bond acceptors (Lipinski definition) is 4. The van der Waals surface area contributed by atoms with Gasteiger partial charge >= 0.3 is 0 Å². The van der Waals surface area contributed by atoms with Gasteiger partial charge in [-0.05, 0) is 38.3 Å². The van der Waals surface area contributed by atoms with Gasteiger partial charge < -0.3 is 9.47 Å². The number of nitrogens with zero attached hydrogens (tertiary/aromatic N) is 1. The topological polar surface area (TPSA) is 21.7 Å². The minimum Gasteiger partial charge on any atom is -0.384 e. The number of fused-ring (bicyclic) bond motifs is 1. The van der Waals surface area contributed by atoms with Crippen molar-refractivity contribution in [2.24, 2.45) is 5.41 Å². The Kier molecular flexibility index (Phi) is 4.46. The van der Waals surface area contributed by atoms with E-state index >= 15 is 0 Å². The molecule has 3 heterocycles. The van der Waals surface area contributed by atoms with Gasteiger partial charge in [0.25, 0.3) is 0 Å². The number of rotatable bonds is 4. The molecule has 0 aromatic carbocycles. The molecule has 0 bridgehead atoms. The second kappa shape index (κ2) is 6.14. The van der Waals surface area contributed by atoms with E-state index in [1.165, 1.54) is 22.6 Å². The molecule has 0 aliphatic carbocycles. The van der Waals surface area contributed by atoms with Crippen molar-refractivity contribution in [3.8, 4) is 0 Å². The first kappa shape index (κ1) is 14.5. The zero-order valence-electron chi connectivity index (χ0n) is 12.6. The van der Waals surface area contributed by atoms with Crippen molar-refractivity contribution in [3.63, 3.8) is 0 Å². The van der Waals surface area contributed by atoms with Crippen LogP contribution >= 0.6 is 11.3 Å². The summed E-state index contributed by atoms with van der Waals surface area (Å²) in [5.74, 6) is 0. The highest BCUT2D eigenvalue weighted by atomic mass is 32.1. The molecule has 2 aliphatic heterocycles. The quantitative estimate of drug-likeness (QED) is 0.852. The highest BCUT2D eigenvalue weighted by Crippen LogP contribution is 2.40. The monoisotopic (exact) mass is 295 g/mol. The van der Waals surface area contributed by atoms with Crippen LogP contribution in [-0.2, 0) is 16.0 Å². The van der Waals surface area contributed by atoms with Crippen molar-refractivity contribution in [3.05, 3.63) is 21.9 Å². The summed E-state index contributed by atoms with van der Waals surface area (Å²) in [5.41, 5.74) is 0.220. The smallest absolute Gasteiger partial charge is 0.0677 e. The van der Waals surface area contributed by atoms with Crippen LogP contribution in [0.15, 0.2) is 12.1 Å². The third kappa shape index (κ3) is 2.93. The molecule has 1 aromatic heterocycles. The van der Waals surface area contributed by atoms with Crippen LogP contribution in [0.25, 0.3) is 0 Å². The molecular formula is C16H25NO2S. The second-order valence-corrected chi connectivity index (χ2v) is 7.64. The SMILES string of the molecule is COC[C@]12CCCO[C@H]1CCN(Cc1ccc(C)s1)C2. The van der Waals surface area contributed by atoms with E-state index in [9.17, 15) is 0 Å². The third-order valence-corrected chi connectivity index (χ3v) is 5.66. The zero-order valence-corrected chi connectivity index (χ0v) is 13.4. The van der Waals surface area contributed by atoms with E-state index in [2.05, 4.69) is 24.0 Å². The van der Waals surface area contributed by atoms with Gasteiger partial charge in [0.15, 0.2) is 0 Å². The molecule has 112 valence electrons. The summed E-state index contributed by atoms with van der Waals surface area (Å²) in [4.78, 5) is 5.47. The fourth-order valence-corrected chi connectivity index (χ4v) is 4.74. The van der Waals surface area contributed by atoms with Crippen LogP contribution in [0.3, 0.4) is 0 Å². The van der Waals surface area contributed by atoms with E-state index in [4.69, 9.17) is 9.47 Å². The highest BCUT2D eigenvalue weighted by Gasteiger charge is 2.45. The Morgan fingerprint density at radius 2 is 2.40 bits per heavy atom. The molecule has 20 heavy (non-hydrogen) atoms. The average Bonchev–Trinajstić information content (AvgIpc) is 2.84. The Hall–Kier alpha value is -0.420. The first-order chi connectivity index (χ1) is 9.72. The maximum atomic E-state index is 6.04. The van der Waals surface area contributed by atoms with Crippen LogP contribution in [0.5, 0.6) is 0 Å². The van der Waals surface area contributed by atoms with Crippen LogP contribution in [0, 0.1) is 12.3 Å². The molecule has 2 aliphatic rings. The van der Waals surface area contributed by atoms with Gasteiger partial charge in [0.05, 0.1) is 12.7 Å². The van der Waals surface area contributed by atoms with E-state index in [1.54, 1.807) is 0 Å². The zero-order chi connectivity index (χ0) is 14.0. The lowest BCUT2D eigenvalue weighted by Gasteiger charge is -2.50. The van der Waals surface area contributed by atoms with Gasteiger partial charge in [0.2, 0.25) is 0 Å². The van der Waals surface area contributed by atoms with E-state index in [0.29, 0.717) is 6.10 Å². The summed E-state index contributed by atoms with van der Waals surface area (Å²) < 4.78 is 11.6. The molecule has 2 saturated heterocycles. The lowest BCUT2D eigenvalue weighted by atomic mass is 9.73. The summed E-state index contributed by atoms with van der Waals surface area (Å²) in [5, 5.41) is 0.